The van der Waals surface area contributed by atoms with Gasteiger partial charge in [0, 0.05) is 29.2 Å². The van der Waals surface area contributed by atoms with Crippen molar-refractivity contribution >= 4 is 16.8 Å². The van der Waals surface area contributed by atoms with Crippen LogP contribution in [0.4, 0.5) is 0 Å². The predicted octanol–water partition coefficient (Wildman–Crippen LogP) is 4.77. The van der Waals surface area contributed by atoms with Crippen LogP contribution in [0.2, 0.25) is 0 Å². The van der Waals surface area contributed by atoms with Crippen molar-refractivity contribution in [1.82, 2.24) is 15.2 Å². The fraction of sp³-hybridized carbons (Fsp3) is 0.281. The number of aromatic nitrogens is 1. The number of nitrogens with one attached hydrogen (secondary N) is 2. The van der Waals surface area contributed by atoms with Crippen molar-refractivity contribution in [2.45, 2.75) is 39.0 Å². The first-order valence-electron chi connectivity index (χ1n) is 12.9. The van der Waals surface area contributed by atoms with Crippen LogP contribution in [0.5, 0.6) is 5.75 Å². The molecule has 1 amide bonds. The molecule has 4 rings (SSSR count). The number of para-hydroxylation sites is 1. The average molecular weight is 510 g/mol. The zero-order valence-corrected chi connectivity index (χ0v) is 22.2. The highest BCUT2D eigenvalue weighted by molar-refractivity contribution is 5.97. The first kappa shape index (κ1) is 27.0. The maximum atomic E-state index is 13.4. The number of rotatable bonds is 10. The van der Waals surface area contributed by atoms with Crippen LogP contribution in [-0.2, 0) is 13.0 Å². The second kappa shape index (κ2) is 13.0. The molecule has 0 fully saturated rings. The molecule has 1 atom stereocenters. The standard InChI is InChI=1S/C32H35N3O3/c1-23(2)38-31-16-15-24(12-9-17-35(3)21-25-10-5-4-6-11-25)18-29(31)32(37)34-27(22-36)19-26-20-33-30-14-8-7-13-28(26)30/h4-8,10-11,13-16,18,20,23,27,33,36H,17,19,21-22H2,1-3H3,(H,34,37). The Bertz CT molecular complexity index is 1420. The molecule has 6 nitrogen and oxygen atoms in total. The quantitative estimate of drug-likeness (QED) is 0.269. The summed E-state index contributed by atoms with van der Waals surface area (Å²) in [4.78, 5) is 18.8. The number of H-pyrrole nitrogens is 1. The Morgan fingerprint density at radius 3 is 2.61 bits per heavy atom. The number of aliphatic hydroxyl groups is 1. The van der Waals surface area contributed by atoms with Gasteiger partial charge in [-0.25, -0.2) is 0 Å². The highest BCUT2D eigenvalue weighted by atomic mass is 16.5. The molecule has 0 aliphatic carbocycles. The topological polar surface area (TPSA) is 77.6 Å². The minimum absolute atomic E-state index is 0.0926. The van der Waals surface area contributed by atoms with E-state index in [0.29, 0.717) is 24.3 Å². The summed E-state index contributed by atoms with van der Waals surface area (Å²) in [5.41, 5.74) is 4.44. The first-order valence-corrected chi connectivity index (χ1v) is 12.9. The van der Waals surface area contributed by atoms with Gasteiger partial charge >= 0.3 is 0 Å². The van der Waals surface area contributed by atoms with E-state index in [2.05, 4.69) is 39.2 Å². The third-order valence-corrected chi connectivity index (χ3v) is 6.16. The molecule has 3 aromatic carbocycles. The van der Waals surface area contributed by atoms with E-state index in [0.717, 1.165) is 28.6 Å². The van der Waals surface area contributed by atoms with Gasteiger partial charge in [0.15, 0.2) is 0 Å². The zero-order chi connectivity index (χ0) is 26.9. The van der Waals surface area contributed by atoms with Gasteiger partial charge < -0.3 is 20.1 Å². The van der Waals surface area contributed by atoms with Crippen molar-refractivity contribution in [3.63, 3.8) is 0 Å². The monoisotopic (exact) mass is 509 g/mol. The molecular weight excluding hydrogens is 474 g/mol. The molecule has 0 spiro atoms. The predicted molar refractivity (Wildman–Crippen MR) is 152 cm³/mol. The largest absolute Gasteiger partial charge is 0.490 e. The van der Waals surface area contributed by atoms with Crippen molar-refractivity contribution in [3.8, 4) is 17.6 Å². The molecule has 1 unspecified atom stereocenters. The van der Waals surface area contributed by atoms with Gasteiger partial charge in [-0.1, -0.05) is 60.4 Å². The van der Waals surface area contributed by atoms with Crippen molar-refractivity contribution in [2.75, 3.05) is 20.2 Å². The summed E-state index contributed by atoms with van der Waals surface area (Å²) in [6.07, 6.45) is 2.34. The number of aromatic amines is 1. The highest BCUT2D eigenvalue weighted by Gasteiger charge is 2.19. The van der Waals surface area contributed by atoms with Crippen LogP contribution in [0.15, 0.2) is 79.0 Å². The van der Waals surface area contributed by atoms with E-state index in [4.69, 9.17) is 4.74 Å². The minimum atomic E-state index is -0.449. The lowest BCUT2D eigenvalue weighted by molar-refractivity contribution is 0.0910. The molecule has 0 aliphatic heterocycles. The molecule has 0 bridgehead atoms. The van der Waals surface area contributed by atoms with E-state index in [1.165, 1.54) is 5.56 Å². The van der Waals surface area contributed by atoms with E-state index in [9.17, 15) is 9.90 Å². The van der Waals surface area contributed by atoms with Crippen molar-refractivity contribution in [3.05, 3.63) is 101 Å². The summed E-state index contributed by atoms with van der Waals surface area (Å²) >= 11 is 0. The molecule has 3 N–H and O–H groups in total. The van der Waals surface area contributed by atoms with Gasteiger partial charge in [0.1, 0.15) is 5.75 Å². The molecular formula is C32H35N3O3. The lowest BCUT2D eigenvalue weighted by atomic mass is 10.0. The van der Waals surface area contributed by atoms with Crippen LogP contribution in [0, 0.1) is 11.8 Å². The first-order chi connectivity index (χ1) is 18.4. The van der Waals surface area contributed by atoms with Gasteiger partial charge in [-0.2, -0.15) is 0 Å². The van der Waals surface area contributed by atoms with E-state index < -0.39 is 6.04 Å². The Morgan fingerprint density at radius 1 is 1.08 bits per heavy atom. The fourth-order valence-corrected chi connectivity index (χ4v) is 4.36. The van der Waals surface area contributed by atoms with Gasteiger partial charge in [-0.15, -0.1) is 0 Å². The molecule has 0 radical (unpaired) electrons. The third kappa shape index (κ3) is 7.25. The third-order valence-electron chi connectivity index (χ3n) is 6.16. The minimum Gasteiger partial charge on any atom is -0.490 e. The summed E-state index contributed by atoms with van der Waals surface area (Å²) in [6.45, 7) is 5.07. The summed E-state index contributed by atoms with van der Waals surface area (Å²) in [5.74, 6) is 6.58. The number of aliphatic hydroxyl groups excluding tert-OH is 1. The summed E-state index contributed by atoms with van der Waals surface area (Å²) in [5, 5.41) is 14.1. The van der Waals surface area contributed by atoms with E-state index in [1.54, 1.807) is 12.1 Å². The number of nitrogens with zero attached hydrogens (tertiary/aromatic N) is 1. The Kier molecular flexibility index (Phi) is 9.21. The molecule has 1 aromatic heterocycles. The normalized spacial score (nSPS) is 11.8. The molecule has 0 saturated heterocycles. The second-order valence-electron chi connectivity index (χ2n) is 9.75. The van der Waals surface area contributed by atoms with Crippen molar-refractivity contribution < 1.29 is 14.6 Å². The number of hydrogen-bond donors (Lipinski definition) is 3. The number of carbonyl (C=O) groups excluding carboxylic acids is 1. The smallest absolute Gasteiger partial charge is 0.255 e. The molecule has 1 heterocycles. The maximum absolute atomic E-state index is 13.4. The molecule has 0 aliphatic rings. The Balaban J connectivity index is 1.47. The Hall–Kier alpha value is -4.05. The van der Waals surface area contributed by atoms with Crippen LogP contribution in [0.1, 0.15) is 40.9 Å². The average Bonchev–Trinajstić information content (AvgIpc) is 3.32. The molecule has 4 aromatic rings. The van der Waals surface area contributed by atoms with Crippen LogP contribution in [0.3, 0.4) is 0 Å². The zero-order valence-electron chi connectivity index (χ0n) is 22.2. The summed E-state index contributed by atoms with van der Waals surface area (Å²) in [6, 6.07) is 23.2. The van der Waals surface area contributed by atoms with Gasteiger partial charge in [0.05, 0.1) is 30.9 Å². The lowest BCUT2D eigenvalue weighted by Crippen LogP contribution is -2.39. The number of hydrogen-bond acceptors (Lipinski definition) is 4. The van der Waals surface area contributed by atoms with Gasteiger partial charge in [-0.3, -0.25) is 9.69 Å². The number of amides is 1. The molecule has 6 heteroatoms. The molecule has 196 valence electrons. The van der Waals surface area contributed by atoms with Gasteiger partial charge in [0.25, 0.3) is 5.91 Å². The summed E-state index contributed by atoms with van der Waals surface area (Å²) < 4.78 is 5.92. The number of ether oxygens (including phenoxy) is 1. The van der Waals surface area contributed by atoms with Gasteiger partial charge in [-0.05, 0) is 62.7 Å². The van der Waals surface area contributed by atoms with Crippen molar-refractivity contribution in [1.29, 1.82) is 0 Å². The number of benzene rings is 3. The van der Waals surface area contributed by atoms with Gasteiger partial charge in [0.2, 0.25) is 0 Å². The fourth-order valence-electron chi connectivity index (χ4n) is 4.36. The number of carbonyl (C=O) groups is 1. The maximum Gasteiger partial charge on any atom is 0.255 e. The van der Waals surface area contributed by atoms with Crippen molar-refractivity contribution in [2.24, 2.45) is 0 Å². The Morgan fingerprint density at radius 2 is 1.84 bits per heavy atom. The lowest BCUT2D eigenvalue weighted by Gasteiger charge is -2.19. The van der Waals surface area contributed by atoms with E-state index in [1.807, 2.05) is 75.6 Å². The molecule has 38 heavy (non-hydrogen) atoms. The van der Waals surface area contributed by atoms with Crippen LogP contribution in [0.25, 0.3) is 10.9 Å². The van der Waals surface area contributed by atoms with Crippen LogP contribution in [-0.4, -0.2) is 53.2 Å². The number of fused-ring (bicyclic) bond motifs is 1. The highest BCUT2D eigenvalue weighted by Crippen LogP contribution is 2.23. The van der Waals surface area contributed by atoms with E-state index >= 15 is 0 Å². The summed E-state index contributed by atoms with van der Waals surface area (Å²) in [7, 11) is 2.03. The molecule has 0 saturated carbocycles. The second-order valence-corrected chi connectivity index (χ2v) is 9.75. The van der Waals surface area contributed by atoms with Crippen LogP contribution < -0.4 is 10.1 Å². The van der Waals surface area contributed by atoms with E-state index in [-0.39, 0.29) is 18.6 Å². The SMILES string of the molecule is CC(C)Oc1ccc(C#CCN(C)Cc2ccccc2)cc1C(=O)NC(CO)Cc1c[nH]c2ccccc12. The van der Waals surface area contributed by atoms with Crippen LogP contribution >= 0.6 is 0 Å². The Labute approximate surface area is 224 Å².